The second-order valence-electron chi connectivity index (χ2n) is 5.89. The van der Waals surface area contributed by atoms with E-state index in [1.54, 1.807) is 13.1 Å². The van der Waals surface area contributed by atoms with Gasteiger partial charge in [-0.2, -0.15) is 0 Å². The summed E-state index contributed by atoms with van der Waals surface area (Å²) in [5.74, 6) is 0.116. The third-order valence-electron chi connectivity index (χ3n) is 4.11. The average Bonchev–Trinajstić information content (AvgIpc) is 2.68. The fourth-order valence-electron chi connectivity index (χ4n) is 2.66. The van der Waals surface area contributed by atoms with Crippen LogP contribution in [0.1, 0.15) is 18.9 Å². The lowest BCUT2D eigenvalue weighted by Gasteiger charge is -2.30. The van der Waals surface area contributed by atoms with Crippen molar-refractivity contribution in [2.45, 2.75) is 25.9 Å². The highest BCUT2D eigenvalue weighted by molar-refractivity contribution is 14.1. The molecule has 0 fully saturated rings. The predicted molar refractivity (Wildman–Crippen MR) is 115 cm³/mol. The van der Waals surface area contributed by atoms with Crippen LogP contribution in [0.5, 0.6) is 5.75 Å². The summed E-state index contributed by atoms with van der Waals surface area (Å²) in [6, 6.07) is 14.1. The van der Waals surface area contributed by atoms with Gasteiger partial charge in [0.05, 0.1) is 0 Å². The molecule has 0 bridgehead atoms. The molecule has 144 valence electrons. The van der Waals surface area contributed by atoms with Crippen LogP contribution < -0.4 is 10.1 Å². The zero-order valence-electron chi connectivity index (χ0n) is 15.2. The van der Waals surface area contributed by atoms with Gasteiger partial charge in [-0.1, -0.05) is 36.7 Å². The van der Waals surface area contributed by atoms with E-state index < -0.39 is 6.04 Å². The Hall–Kier alpha value is -1.80. The van der Waals surface area contributed by atoms with Crippen molar-refractivity contribution in [1.29, 1.82) is 0 Å². The highest BCUT2D eigenvalue weighted by atomic mass is 127. The summed E-state index contributed by atoms with van der Waals surface area (Å²) in [6.07, 6.45) is 0.486. The summed E-state index contributed by atoms with van der Waals surface area (Å²) in [7, 11) is 1.56. The van der Waals surface area contributed by atoms with E-state index in [1.807, 2.05) is 49.4 Å². The van der Waals surface area contributed by atoms with Gasteiger partial charge in [-0.25, -0.2) is 0 Å². The lowest BCUT2D eigenvalue weighted by Crippen LogP contribution is -2.49. The quantitative estimate of drug-likeness (QED) is 0.560. The van der Waals surface area contributed by atoms with Crippen molar-refractivity contribution in [3.8, 4) is 5.75 Å². The third-order valence-corrected chi connectivity index (χ3v) is 5.19. The van der Waals surface area contributed by atoms with Crippen LogP contribution in [0, 0.1) is 3.57 Å². The van der Waals surface area contributed by atoms with Crippen molar-refractivity contribution in [1.82, 2.24) is 10.2 Å². The molecule has 0 heterocycles. The van der Waals surface area contributed by atoms with E-state index in [0.717, 1.165) is 9.13 Å². The van der Waals surface area contributed by atoms with Crippen molar-refractivity contribution in [3.63, 3.8) is 0 Å². The Labute approximate surface area is 178 Å². The molecule has 0 spiro atoms. The number of benzene rings is 2. The van der Waals surface area contributed by atoms with Gasteiger partial charge in [0.2, 0.25) is 5.91 Å². The van der Waals surface area contributed by atoms with Gasteiger partial charge in [0.25, 0.3) is 5.91 Å². The molecule has 2 amide bonds. The van der Waals surface area contributed by atoms with Crippen molar-refractivity contribution in [2.24, 2.45) is 0 Å². The largest absolute Gasteiger partial charge is 0.484 e. The van der Waals surface area contributed by atoms with Crippen LogP contribution in [0.15, 0.2) is 48.5 Å². The Balaban J connectivity index is 2.19. The van der Waals surface area contributed by atoms with E-state index >= 15 is 0 Å². The summed E-state index contributed by atoms with van der Waals surface area (Å²) < 4.78 is 6.70. The van der Waals surface area contributed by atoms with Crippen LogP contribution >= 0.6 is 34.2 Å². The van der Waals surface area contributed by atoms with Crippen LogP contribution in [0.3, 0.4) is 0 Å². The first kappa shape index (κ1) is 21.5. The minimum atomic E-state index is -0.598. The first-order valence-electron chi connectivity index (χ1n) is 8.59. The molecule has 0 saturated heterocycles. The summed E-state index contributed by atoms with van der Waals surface area (Å²) in [5.41, 5.74) is 0.782. The van der Waals surface area contributed by atoms with E-state index in [2.05, 4.69) is 27.9 Å². The summed E-state index contributed by atoms with van der Waals surface area (Å²) in [4.78, 5) is 26.7. The van der Waals surface area contributed by atoms with Crippen molar-refractivity contribution in [3.05, 3.63) is 62.7 Å². The summed E-state index contributed by atoms with van der Waals surface area (Å²) in [6.45, 7) is 1.95. The third kappa shape index (κ3) is 6.10. The zero-order valence-corrected chi connectivity index (χ0v) is 18.2. The van der Waals surface area contributed by atoms with Crippen molar-refractivity contribution in [2.75, 3.05) is 13.7 Å². The van der Waals surface area contributed by atoms with Gasteiger partial charge in [0, 0.05) is 22.2 Å². The molecule has 7 heteroatoms. The molecule has 1 N–H and O–H groups in total. The van der Waals surface area contributed by atoms with Crippen LogP contribution in [-0.4, -0.2) is 36.4 Å². The van der Waals surface area contributed by atoms with E-state index in [9.17, 15) is 9.59 Å². The number of halogens is 2. The highest BCUT2D eigenvalue weighted by Gasteiger charge is 2.28. The minimum absolute atomic E-state index is 0.154. The Kier molecular flexibility index (Phi) is 8.37. The predicted octanol–water partition coefficient (Wildman–Crippen LogP) is 3.88. The van der Waals surface area contributed by atoms with Gasteiger partial charge >= 0.3 is 0 Å². The van der Waals surface area contributed by atoms with Crippen LogP contribution in [0.25, 0.3) is 0 Å². The number of hydrogen-bond donors (Lipinski definition) is 1. The molecule has 0 radical (unpaired) electrons. The number of nitrogens with zero attached hydrogens (tertiary/aromatic N) is 1. The lowest BCUT2D eigenvalue weighted by molar-refractivity contribution is -0.142. The van der Waals surface area contributed by atoms with Gasteiger partial charge in [-0.15, -0.1) is 0 Å². The number of nitrogens with one attached hydrogen (secondary N) is 1. The molecule has 0 aliphatic carbocycles. The van der Waals surface area contributed by atoms with Crippen LogP contribution in [0.4, 0.5) is 0 Å². The molecule has 0 aliphatic heterocycles. The van der Waals surface area contributed by atoms with E-state index in [4.69, 9.17) is 16.3 Å². The molecular formula is C20H22ClIN2O3. The number of carbonyl (C=O) groups excluding carboxylic acids is 2. The maximum Gasteiger partial charge on any atom is 0.261 e. The van der Waals surface area contributed by atoms with Gasteiger partial charge in [-0.3, -0.25) is 9.59 Å². The molecule has 1 atom stereocenters. The molecule has 0 aromatic heterocycles. The van der Waals surface area contributed by atoms with Gasteiger partial charge in [0.15, 0.2) is 6.61 Å². The second kappa shape index (κ2) is 10.5. The fourth-order valence-corrected chi connectivity index (χ4v) is 3.21. The van der Waals surface area contributed by atoms with Crippen LogP contribution in [0.2, 0.25) is 5.02 Å². The standard InChI is InChI=1S/C20H22ClIN2O3/c1-3-18(20(26)23-2)24(12-14-6-4-5-7-17(14)21)19(25)13-27-16-10-8-15(22)9-11-16/h4-11,18H,3,12-13H2,1-2H3,(H,23,26)/t18-/m1/s1. The molecular weight excluding hydrogens is 479 g/mol. The van der Waals surface area contributed by atoms with Crippen molar-refractivity contribution >= 4 is 46.0 Å². The maximum absolute atomic E-state index is 12.9. The molecule has 0 saturated carbocycles. The van der Waals surface area contributed by atoms with Crippen molar-refractivity contribution < 1.29 is 14.3 Å². The Bertz CT molecular complexity index is 783. The number of carbonyl (C=O) groups is 2. The molecule has 5 nitrogen and oxygen atoms in total. The van der Waals surface area contributed by atoms with E-state index in [-0.39, 0.29) is 25.0 Å². The number of ether oxygens (including phenoxy) is 1. The van der Waals surface area contributed by atoms with Gasteiger partial charge in [0.1, 0.15) is 11.8 Å². The van der Waals surface area contributed by atoms with E-state index in [0.29, 0.717) is 17.2 Å². The number of hydrogen-bond acceptors (Lipinski definition) is 3. The highest BCUT2D eigenvalue weighted by Crippen LogP contribution is 2.20. The molecule has 2 aromatic rings. The molecule has 27 heavy (non-hydrogen) atoms. The SMILES string of the molecule is CC[C@H](C(=O)NC)N(Cc1ccccc1Cl)C(=O)COc1ccc(I)cc1. The maximum atomic E-state index is 12.9. The van der Waals surface area contributed by atoms with E-state index in [1.165, 1.54) is 4.90 Å². The summed E-state index contributed by atoms with van der Waals surface area (Å²) >= 11 is 8.45. The van der Waals surface area contributed by atoms with Gasteiger partial charge in [-0.05, 0) is 64.9 Å². The smallest absolute Gasteiger partial charge is 0.261 e. The molecule has 0 aliphatic rings. The average molecular weight is 501 g/mol. The van der Waals surface area contributed by atoms with Gasteiger partial charge < -0.3 is 15.0 Å². The first-order chi connectivity index (χ1) is 13.0. The molecule has 0 unspecified atom stereocenters. The monoisotopic (exact) mass is 500 g/mol. The molecule has 2 aromatic carbocycles. The first-order valence-corrected chi connectivity index (χ1v) is 10.0. The normalized spacial score (nSPS) is 11.6. The minimum Gasteiger partial charge on any atom is -0.484 e. The lowest BCUT2D eigenvalue weighted by atomic mass is 10.1. The molecule has 2 rings (SSSR count). The second-order valence-corrected chi connectivity index (χ2v) is 7.55. The number of amides is 2. The topological polar surface area (TPSA) is 58.6 Å². The fraction of sp³-hybridized carbons (Fsp3) is 0.300. The number of rotatable bonds is 8. The number of likely N-dealkylation sites (N-methyl/N-ethyl adjacent to an activating group) is 1. The summed E-state index contributed by atoms with van der Waals surface area (Å²) in [5, 5.41) is 3.18. The Morgan fingerprint density at radius 2 is 1.85 bits per heavy atom. The Morgan fingerprint density at radius 3 is 2.44 bits per heavy atom. The Morgan fingerprint density at radius 1 is 1.19 bits per heavy atom. The van der Waals surface area contributed by atoms with Crippen LogP contribution in [-0.2, 0) is 16.1 Å². The zero-order chi connectivity index (χ0) is 19.8.